The number of benzene rings is 7. The third kappa shape index (κ3) is 5.70. The molecule has 2 unspecified atom stereocenters. The van der Waals surface area contributed by atoms with E-state index in [2.05, 4.69) is 110 Å². The maximum Gasteiger partial charge on any atom is 0.187 e. The summed E-state index contributed by atoms with van der Waals surface area (Å²) in [5.41, 5.74) is 12.5. The van der Waals surface area contributed by atoms with Gasteiger partial charge < -0.3 is 9.13 Å². The summed E-state index contributed by atoms with van der Waals surface area (Å²) in [6.07, 6.45) is 0. The molecular formula is C48H28N8P2. The first-order valence-corrected chi connectivity index (χ1v) is 19.5. The van der Waals surface area contributed by atoms with Crippen LogP contribution in [0.15, 0.2) is 146 Å². The van der Waals surface area contributed by atoms with E-state index in [0.717, 1.165) is 77.1 Å². The second-order valence-electron chi connectivity index (χ2n) is 13.9. The Labute approximate surface area is 337 Å². The van der Waals surface area contributed by atoms with Crippen molar-refractivity contribution in [3.8, 4) is 57.2 Å². The Morgan fingerprint density at radius 3 is 1.66 bits per heavy atom. The number of nitriles is 2. The van der Waals surface area contributed by atoms with Gasteiger partial charge in [0.15, 0.2) is 11.5 Å². The SMILES string of the molecule is [C-]#[N+]c1cccc(-c2ccc3c(c2)c2ccccc2n3-c2cc(-c3nc(P)nc(P)n3)c(-n3c4ccccc4c4cc(-c5cccc(C#N)c5)ccc43)cc2C#N)c1. The third-order valence-corrected chi connectivity index (χ3v) is 11.1. The maximum absolute atomic E-state index is 11.0. The van der Waals surface area contributed by atoms with Crippen molar-refractivity contribution < 1.29 is 0 Å². The zero-order valence-electron chi connectivity index (χ0n) is 30.6. The van der Waals surface area contributed by atoms with Gasteiger partial charge in [0.05, 0.1) is 57.2 Å². The largest absolute Gasteiger partial charge is 0.308 e. The Morgan fingerprint density at radius 1 is 0.500 bits per heavy atom. The molecule has 10 aromatic rings. The second-order valence-corrected chi connectivity index (χ2v) is 14.9. The van der Waals surface area contributed by atoms with Gasteiger partial charge in [-0.15, -0.1) is 0 Å². The zero-order valence-corrected chi connectivity index (χ0v) is 32.9. The van der Waals surface area contributed by atoms with Crippen LogP contribution in [0.5, 0.6) is 0 Å². The van der Waals surface area contributed by atoms with Crippen molar-refractivity contribution in [2.75, 3.05) is 0 Å². The van der Waals surface area contributed by atoms with Crippen molar-refractivity contribution in [1.82, 2.24) is 24.1 Å². The zero-order chi connectivity index (χ0) is 39.5. The minimum atomic E-state index is 0.462. The lowest BCUT2D eigenvalue weighted by molar-refractivity contribution is 1.10. The molecule has 0 radical (unpaired) electrons. The topological polar surface area (TPSA) is 100 Å². The van der Waals surface area contributed by atoms with Gasteiger partial charge in [-0.25, -0.2) is 19.8 Å². The smallest absolute Gasteiger partial charge is 0.187 e. The molecule has 0 aliphatic rings. The summed E-state index contributed by atoms with van der Waals surface area (Å²) < 4.78 is 4.33. The highest BCUT2D eigenvalue weighted by Crippen LogP contribution is 2.41. The maximum atomic E-state index is 11.0. The Balaban J connectivity index is 1.26. The van der Waals surface area contributed by atoms with Gasteiger partial charge in [-0.2, -0.15) is 10.5 Å². The van der Waals surface area contributed by atoms with Crippen LogP contribution >= 0.6 is 18.5 Å². The molecule has 0 fully saturated rings. The van der Waals surface area contributed by atoms with Crippen molar-refractivity contribution >= 4 is 78.9 Å². The summed E-state index contributed by atoms with van der Waals surface area (Å²) in [6.45, 7) is 7.55. The molecule has 10 rings (SSSR count). The highest BCUT2D eigenvalue weighted by molar-refractivity contribution is 7.28. The fourth-order valence-corrected chi connectivity index (χ4v) is 8.75. The first kappa shape index (κ1) is 34.9. The van der Waals surface area contributed by atoms with Gasteiger partial charge in [-0.05, 0) is 89.0 Å². The first-order valence-electron chi connectivity index (χ1n) is 18.3. The van der Waals surface area contributed by atoms with E-state index in [1.165, 1.54) is 0 Å². The van der Waals surface area contributed by atoms with Crippen LogP contribution in [0.1, 0.15) is 11.1 Å². The van der Waals surface area contributed by atoms with Gasteiger partial charge in [-0.3, -0.25) is 0 Å². The van der Waals surface area contributed by atoms with Gasteiger partial charge in [0.2, 0.25) is 0 Å². The van der Waals surface area contributed by atoms with E-state index in [-0.39, 0.29) is 0 Å². The lowest BCUT2D eigenvalue weighted by Gasteiger charge is -2.18. The number of para-hydroxylation sites is 2. The number of hydrogen-bond donors (Lipinski definition) is 0. The highest BCUT2D eigenvalue weighted by atomic mass is 31.0. The van der Waals surface area contributed by atoms with Crippen molar-refractivity contribution in [2.24, 2.45) is 0 Å². The number of hydrogen-bond acceptors (Lipinski definition) is 5. The van der Waals surface area contributed by atoms with Crippen LogP contribution in [0.2, 0.25) is 0 Å². The van der Waals surface area contributed by atoms with E-state index in [9.17, 15) is 10.5 Å². The molecule has 0 saturated carbocycles. The van der Waals surface area contributed by atoms with Gasteiger partial charge >= 0.3 is 0 Å². The van der Waals surface area contributed by atoms with Crippen LogP contribution < -0.4 is 11.1 Å². The Bertz CT molecular complexity index is 3470. The average Bonchev–Trinajstić information content (AvgIpc) is 3.77. The number of rotatable bonds is 5. The van der Waals surface area contributed by atoms with E-state index in [4.69, 9.17) is 16.5 Å². The minimum Gasteiger partial charge on any atom is -0.308 e. The quantitative estimate of drug-likeness (QED) is 0.128. The molecule has 0 spiro atoms. The normalized spacial score (nSPS) is 11.2. The van der Waals surface area contributed by atoms with Crippen LogP contribution in [0.25, 0.3) is 93.5 Å². The number of nitrogens with zero attached hydrogens (tertiary/aromatic N) is 8. The molecule has 7 aromatic carbocycles. The monoisotopic (exact) mass is 778 g/mol. The molecule has 0 amide bonds. The Morgan fingerprint density at radius 2 is 1.05 bits per heavy atom. The molecule has 0 aliphatic heterocycles. The molecular weight excluding hydrogens is 751 g/mol. The molecule has 10 heteroatoms. The molecule has 8 nitrogen and oxygen atoms in total. The second kappa shape index (κ2) is 13.9. The fraction of sp³-hybridized carbons (Fsp3) is 0. The van der Waals surface area contributed by atoms with Crippen LogP contribution in [-0.2, 0) is 0 Å². The van der Waals surface area contributed by atoms with Gasteiger partial charge in [0.25, 0.3) is 0 Å². The van der Waals surface area contributed by atoms with E-state index in [0.29, 0.717) is 39.5 Å². The lowest BCUT2D eigenvalue weighted by Crippen LogP contribution is -2.19. The lowest BCUT2D eigenvalue weighted by atomic mass is 10.0. The molecule has 0 aliphatic carbocycles. The number of fused-ring (bicyclic) bond motifs is 6. The molecule has 0 saturated heterocycles. The molecule has 0 bridgehead atoms. The van der Waals surface area contributed by atoms with Crippen LogP contribution in [-0.4, -0.2) is 24.1 Å². The summed E-state index contributed by atoms with van der Waals surface area (Å²) in [7, 11) is 5.18. The number of aromatic nitrogens is 5. The molecule has 3 heterocycles. The highest BCUT2D eigenvalue weighted by Gasteiger charge is 2.23. The minimum absolute atomic E-state index is 0.462. The van der Waals surface area contributed by atoms with Crippen LogP contribution in [0.4, 0.5) is 5.69 Å². The van der Waals surface area contributed by atoms with Crippen molar-refractivity contribution in [2.45, 2.75) is 0 Å². The molecule has 3 aromatic heterocycles. The van der Waals surface area contributed by atoms with E-state index >= 15 is 0 Å². The Kier molecular flexibility index (Phi) is 8.37. The van der Waals surface area contributed by atoms with Gasteiger partial charge in [0, 0.05) is 27.1 Å². The van der Waals surface area contributed by atoms with Gasteiger partial charge in [-0.1, -0.05) is 97.3 Å². The average molecular weight is 779 g/mol. The first-order chi connectivity index (χ1) is 28.4. The van der Waals surface area contributed by atoms with Crippen molar-refractivity contribution in [1.29, 1.82) is 10.5 Å². The van der Waals surface area contributed by atoms with Crippen molar-refractivity contribution in [3.63, 3.8) is 0 Å². The Hall–Kier alpha value is -7.52. The molecule has 0 N–H and O–H groups in total. The van der Waals surface area contributed by atoms with E-state index in [1.54, 1.807) is 0 Å². The van der Waals surface area contributed by atoms with Crippen LogP contribution in [0, 0.1) is 29.2 Å². The third-order valence-electron chi connectivity index (χ3n) is 10.6. The van der Waals surface area contributed by atoms with Crippen LogP contribution in [0.3, 0.4) is 0 Å². The van der Waals surface area contributed by atoms with E-state index in [1.807, 2.05) is 84.9 Å². The molecule has 2 atom stereocenters. The summed E-state index contributed by atoms with van der Waals surface area (Å²) in [5.74, 6) is 0.462. The van der Waals surface area contributed by atoms with Gasteiger partial charge in [0.1, 0.15) is 17.2 Å². The summed E-state index contributed by atoms with van der Waals surface area (Å²) in [4.78, 5) is 17.8. The molecule has 270 valence electrons. The summed E-state index contributed by atoms with van der Waals surface area (Å²) >= 11 is 0. The predicted molar refractivity (Wildman–Crippen MR) is 239 cm³/mol. The van der Waals surface area contributed by atoms with Crippen molar-refractivity contribution in [3.05, 3.63) is 168 Å². The summed E-state index contributed by atoms with van der Waals surface area (Å²) in [5, 5.41) is 24.8. The molecule has 58 heavy (non-hydrogen) atoms. The standard InChI is InChI=1S/C48H28N8P2/c1-51-34-11-7-10-30(21-34)32-17-18-42-37(23-32)35-12-2-4-14-40(35)55(42)44-25-39(46-52-47(57)54-48(58)53-46)45(24-33(44)27-50)56-41-15-5-3-13-36(41)38-22-31(16-19-43(38)56)29-9-6-8-28(20-29)26-49/h2-25H,57-58H2. The summed E-state index contributed by atoms with van der Waals surface area (Å²) in [6, 6.07) is 53.2. The van der Waals surface area contributed by atoms with E-state index < -0.39 is 0 Å². The predicted octanol–water partition coefficient (Wildman–Crippen LogP) is 10.4. The fourth-order valence-electron chi connectivity index (χ4n) is 8.09.